The Morgan fingerprint density at radius 1 is 1.09 bits per heavy atom. The Balaban J connectivity index is 2.46. The van der Waals surface area contributed by atoms with Gasteiger partial charge in [0.05, 0.1) is 11.9 Å². The maximum Gasteiger partial charge on any atom is 0.244 e. The number of carbonyl (C=O) groups is 2. The molecule has 0 heterocycles. The van der Waals surface area contributed by atoms with E-state index in [2.05, 4.69) is 5.32 Å². The molecule has 0 spiro atoms. The lowest BCUT2D eigenvalue weighted by Crippen LogP contribution is -2.55. The molecule has 0 bridgehead atoms. The molecule has 2 aromatic carbocycles. The van der Waals surface area contributed by atoms with Gasteiger partial charge in [-0.15, -0.1) is 0 Å². The fourth-order valence-electron chi connectivity index (χ4n) is 3.65. The van der Waals surface area contributed by atoms with Crippen molar-refractivity contribution in [3.05, 3.63) is 64.7 Å². The van der Waals surface area contributed by atoms with E-state index < -0.39 is 34.1 Å². The van der Waals surface area contributed by atoms with Crippen LogP contribution in [0.15, 0.2) is 48.5 Å². The van der Waals surface area contributed by atoms with E-state index in [0.717, 1.165) is 16.1 Å². The number of aryl methyl sites for hydroxylation is 1. The fraction of sp³-hybridized carbons (Fsp3) is 0.440. The van der Waals surface area contributed by atoms with Crippen LogP contribution in [0, 0.1) is 6.92 Å². The fourth-order valence-corrected chi connectivity index (χ4v) is 4.78. The first kappa shape index (κ1) is 27.7. The summed E-state index contributed by atoms with van der Waals surface area (Å²) in [5.41, 5.74) is 1.35. The van der Waals surface area contributed by atoms with Crippen LogP contribution in [0.1, 0.15) is 45.2 Å². The smallest absolute Gasteiger partial charge is 0.244 e. The van der Waals surface area contributed by atoms with E-state index in [1.165, 1.54) is 4.90 Å². The lowest BCUT2D eigenvalue weighted by atomic mass is 10.1. The molecule has 9 heteroatoms. The number of anilines is 1. The zero-order chi connectivity index (χ0) is 25.7. The third kappa shape index (κ3) is 7.74. The largest absolute Gasteiger partial charge is 0.350 e. The second-order valence-corrected chi connectivity index (χ2v) is 11.7. The average Bonchev–Trinajstić information content (AvgIpc) is 2.71. The van der Waals surface area contributed by atoms with Gasteiger partial charge in [-0.1, -0.05) is 48.9 Å². The molecule has 1 unspecified atom stereocenters. The number of hydrogen-bond donors (Lipinski definition) is 1. The first-order valence-corrected chi connectivity index (χ1v) is 13.3. The van der Waals surface area contributed by atoms with Gasteiger partial charge in [0, 0.05) is 17.1 Å². The first-order chi connectivity index (χ1) is 15.7. The number of rotatable bonds is 9. The molecule has 1 atom stereocenters. The molecule has 34 heavy (non-hydrogen) atoms. The van der Waals surface area contributed by atoms with Gasteiger partial charge in [-0.25, -0.2) is 8.42 Å². The summed E-state index contributed by atoms with van der Waals surface area (Å²) in [6.07, 6.45) is 1.43. The molecule has 0 aliphatic carbocycles. The first-order valence-electron chi connectivity index (χ1n) is 11.1. The number of halogens is 1. The third-order valence-corrected chi connectivity index (χ3v) is 6.55. The van der Waals surface area contributed by atoms with Gasteiger partial charge in [-0.2, -0.15) is 0 Å². The van der Waals surface area contributed by atoms with E-state index >= 15 is 0 Å². The van der Waals surface area contributed by atoms with Crippen LogP contribution in [0.3, 0.4) is 0 Å². The molecular weight excluding hydrogens is 474 g/mol. The van der Waals surface area contributed by atoms with Gasteiger partial charge >= 0.3 is 0 Å². The van der Waals surface area contributed by atoms with Gasteiger partial charge in [-0.05, 0) is 63.4 Å². The highest BCUT2D eigenvalue weighted by atomic mass is 35.5. The number of sulfonamides is 1. The van der Waals surface area contributed by atoms with Crippen molar-refractivity contribution >= 4 is 39.1 Å². The lowest BCUT2D eigenvalue weighted by Gasteiger charge is -2.34. The zero-order valence-corrected chi connectivity index (χ0v) is 22.2. The summed E-state index contributed by atoms with van der Waals surface area (Å²) in [5.74, 6) is -0.757. The van der Waals surface area contributed by atoms with Gasteiger partial charge in [0.15, 0.2) is 0 Å². The predicted molar refractivity (Wildman–Crippen MR) is 137 cm³/mol. The molecule has 0 aromatic heterocycles. The Kier molecular flexibility index (Phi) is 9.14. The minimum atomic E-state index is -3.79. The van der Waals surface area contributed by atoms with Crippen LogP contribution in [0.2, 0.25) is 5.02 Å². The number of nitrogens with one attached hydrogen (secondary N) is 1. The lowest BCUT2D eigenvalue weighted by molar-refractivity contribution is -0.141. The van der Waals surface area contributed by atoms with Gasteiger partial charge in [0.2, 0.25) is 21.8 Å². The zero-order valence-electron chi connectivity index (χ0n) is 20.6. The number of hydrogen-bond acceptors (Lipinski definition) is 4. The molecule has 186 valence electrons. The standard InChI is InChI=1S/C25H34ClN3O4S/c1-7-21(24(31)27-25(3,4)5)28(16-19-11-9-8-10-12-19)23(30)17-29(34(6,32)33)22-14-13-20(26)15-18(22)2/h8-15,21H,7,16-17H2,1-6H3,(H,27,31). The van der Waals surface area contributed by atoms with Gasteiger partial charge in [0.25, 0.3) is 0 Å². The van der Waals surface area contributed by atoms with Gasteiger partial charge < -0.3 is 10.2 Å². The molecule has 1 N–H and O–H groups in total. The molecule has 0 radical (unpaired) electrons. The second-order valence-electron chi connectivity index (χ2n) is 9.37. The predicted octanol–water partition coefficient (Wildman–Crippen LogP) is 4.14. The maximum absolute atomic E-state index is 13.6. The molecule has 2 rings (SSSR count). The van der Waals surface area contributed by atoms with Crippen molar-refractivity contribution in [1.29, 1.82) is 0 Å². The van der Waals surface area contributed by atoms with E-state index in [1.807, 2.05) is 58.0 Å². The monoisotopic (exact) mass is 507 g/mol. The molecule has 0 saturated carbocycles. The highest BCUT2D eigenvalue weighted by molar-refractivity contribution is 7.92. The molecule has 0 saturated heterocycles. The van der Waals surface area contributed by atoms with E-state index in [1.54, 1.807) is 25.1 Å². The summed E-state index contributed by atoms with van der Waals surface area (Å²) in [5, 5.41) is 3.41. The van der Waals surface area contributed by atoms with Crippen LogP contribution >= 0.6 is 11.6 Å². The van der Waals surface area contributed by atoms with Crippen molar-refractivity contribution in [3.8, 4) is 0 Å². The van der Waals surface area contributed by atoms with Crippen molar-refractivity contribution in [2.45, 2.75) is 59.2 Å². The van der Waals surface area contributed by atoms with E-state index in [9.17, 15) is 18.0 Å². The van der Waals surface area contributed by atoms with Crippen LogP contribution in [0.4, 0.5) is 5.69 Å². The Morgan fingerprint density at radius 2 is 1.71 bits per heavy atom. The normalized spacial score (nSPS) is 12.7. The van der Waals surface area contributed by atoms with Crippen molar-refractivity contribution in [2.75, 3.05) is 17.1 Å². The van der Waals surface area contributed by atoms with E-state index in [0.29, 0.717) is 22.7 Å². The minimum absolute atomic E-state index is 0.174. The van der Waals surface area contributed by atoms with Crippen molar-refractivity contribution in [3.63, 3.8) is 0 Å². The number of benzene rings is 2. The summed E-state index contributed by atoms with van der Waals surface area (Å²) in [7, 11) is -3.79. The Morgan fingerprint density at radius 3 is 2.21 bits per heavy atom. The summed E-state index contributed by atoms with van der Waals surface area (Å²) in [6, 6.07) is 13.4. The Bertz CT molecular complexity index is 1110. The molecule has 0 aliphatic heterocycles. The van der Waals surface area contributed by atoms with Crippen molar-refractivity contribution in [1.82, 2.24) is 10.2 Å². The minimum Gasteiger partial charge on any atom is -0.350 e. The third-order valence-electron chi connectivity index (χ3n) is 5.19. The van der Waals surface area contributed by atoms with Crippen LogP contribution in [0.5, 0.6) is 0 Å². The summed E-state index contributed by atoms with van der Waals surface area (Å²) >= 11 is 6.04. The highest BCUT2D eigenvalue weighted by Gasteiger charge is 2.33. The average molecular weight is 508 g/mol. The van der Waals surface area contributed by atoms with Crippen LogP contribution in [-0.2, 0) is 26.2 Å². The molecule has 2 amide bonds. The van der Waals surface area contributed by atoms with Crippen LogP contribution < -0.4 is 9.62 Å². The topological polar surface area (TPSA) is 86.8 Å². The number of amides is 2. The van der Waals surface area contributed by atoms with Crippen molar-refractivity contribution in [2.24, 2.45) is 0 Å². The summed E-state index contributed by atoms with van der Waals surface area (Å²) in [6.45, 7) is 8.91. The van der Waals surface area contributed by atoms with Gasteiger partial charge in [0.1, 0.15) is 12.6 Å². The SMILES string of the molecule is CCC(C(=O)NC(C)(C)C)N(Cc1ccccc1)C(=O)CN(c1ccc(Cl)cc1C)S(C)(=O)=O. The van der Waals surface area contributed by atoms with E-state index in [4.69, 9.17) is 11.6 Å². The summed E-state index contributed by atoms with van der Waals surface area (Å²) in [4.78, 5) is 28.2. The second kappa shape index (κ2) is 11.2. The molecule has 7 nitrogen and oxygen atoms in total. The van der Waals surface area contributed by atoms with Gasteiger partial charge in [-0.3, -0.25) is 13.9 Å². The molecule has 0 fully saturated rings. The van der Waals surface area contributed by atoms with E-state index in [-0.39, 0.29) is 12.5 Å². The Labute approximate surface area is 208 Å². The quantitative estimate of drug-likeness (QED) is 0.552. The Hall–Kier alpha value is -2.58. The highest BCUT2D eigenvalue weighted by Crippen LogP contribution is 2.26. The molecule has 0 aliphatic rings. The number of carbonyl (C=O) groups excluding carboxylic acids is 2. The van der Waals surface area contributed by atoms with Crippen molar-refractivity contribution < 1.29 is 18.0 Å². The number of nitrogens with zero attached hydrogens (tertiary/aromatic N) is 2. The maximum atomic E-state index is 13.6. The molecule has 2 aromatic rings. The van der Waals surface area contributed by atoms with Crippen LogP contribution in [-0.4, -0.2) is 49.5 Å². The summed E-state index contributed by atoms with van der Waals surface area (Å²) < 4.78 is 26.4. The van der Waals surface area contributed by atoms with Crippen LogP contribution in [0.25, 0.3) is 0 Å². The molecular formula is C25H34ClN3O4S.